The van der Waals surface area contributed by atoms with Crippen molar-refractivity contribution >= 4 is 5.69 Å². The van der Waals surface area contributed by atoms with Crippen molar-refractivity contribution in [2.75, 3.05) is 18.0 Å². The molecule has 2 heterocycles. The monoisotopic (exact) mass is 279 g/mol. The van der Waals surface area contributed by atoms with Gasteiger partial charge in [0, 0.05) is 19.0 Å². The molecule has 0 saturated carbocycles. The molecule has 2 N–H and O–H groups in total. The third kappa shape index (κ3) is 3.27. The lowest BCUT2D eigenvalue weighted by atomic mass is 9.92. The van der Waals surface area contributed by atoms with Crippen molar-refractivity contribution in [1.82, 2.24) is 9.97 Å². The van der Waals surface area contributed by atoms with Crippen molar-refractivity contribution in [3.8, 4) is 0 Å². The van der Waals surface area contributed by atoms with Crippen LogP contribution in [-0.2, 0) is 6.61 Å². The molecule has 1 aromatic heterocycles. The molecule has 0 bridgehead atoms. The molecular formula is C15H25N3O2. The Morgan fingerprint density at radius 1 is 1.30 bits per heavy atom. The van der Waals surface area contributed by atoms with Crippen LogP contribution in [0.5, 0.6) is 0 Å². The van der Waals surface area contributed by atoms with E-state index in [0.29, 0.717) is 11.6 Å². The summed E-state index contributed by atoms with van der Waals surface area (Å²) in [5.74, 6) is 1.41. The van der Waals surface area contributed by atoms with E-state index in [0.717, 1.165) is 37.4 Å². The number of hydrogen-bond donors (Lipinski definition) is 2. The second kappa shape index (κ2) is 6.50. The van der Waals surface area contributed by atoms with Gasteiger partial charge in [-0.25, -0.2) is 9.97 Å². The maximum absolute atomic E-state index is 9.65. The van der Waals surface area contributed by atoms with Gasteiger partial charge < -0.3 is 15.1 Å². The topological polar surface area (TPSA) is 69.5 Å². The van der Waals surface area contributed by atoms with Gasteiger partial charge in [0.25, 0.3) is 0 Å². The van der Waals surface area contributed by atoms with Gasteiger partial charge in [-0.2, -0.15) is 0 Å². The minimum Gasteiger partial charge on any atom is -0.393 e. The highest BCUT2D eigenvalue weighted by molar-refractivity contribution is 5.49. The molecule has 1 aromatic rings. The first-order valence-corrected chi connectivity index (χ1v) is 7.42. The number of anilines is 1. The van der Waals surface area contributed by atoms with E-state index in [4.69, 9.17) is 0 Å². The molecule has 1 aliphatic rings. The molecule has 0 aromatic carbocycles. The van der Waals surface area contributed by atoms with Crippen molar-refractivity contribution < 1.29 is 10.2 Å². The van der Waals surface area contributed by atoms with Crippen LogP contribution in [0.4, 0.5) is 5.69 Å². The molecule has 1 atom stereocenters. The van der Waals surface area contributed by atoms with Gasteiger partial charge in [0.2, 0.25) is 0 Å². The van der Waals surface area contributed by atoms with Crippen molar-refractivity contribution in [3.05, 3.63) is 17.7 Å². The third-order valence-electron chi connectivity index (χ3n) is 4.09. The summed E-state index contributed by atoms with van der Waals surface area (Å²) in [6.45, 7) is 7.66. The molecule has 5 nitrogen and oxygen atoms in total. The zero-order valence-electron chi connectivity index (χ0n) is 12.6. The van der Waals surface area contributed by atoms with Crippen molar-refractivity contribution in [2.45, 2.75) is 52.2 Å². The molecule has 0 amide bonds. The van der Waals surface area contributed by atoms with Gasteiger partial charge in [-0.1, -0.05) is 13.8 Å². The Morgan fingerprint density at radius 2 is 1.95 bits per heavy atom. The largest absolute Gasteiger partial charge is 0.393 e. The lowest BCUT2D eigenvalue weighted by Crippen LogP contribution is -2.37. The molecule has 1 fully saturated rings. The van der Waals surface area contributed by atoms with Gasteiger partial charge in [-0.15, -0.1) is 0 Å². The number of piperidine rings is 1. The summed E-state index contributed by atoms with van der Waals surface area (Å²) in [6.07, 6.45) is 3.52. The van der Waals surface area contributed by atoms with E-state index in [1.54, 1.807) is 0 Å². The van der Waals surface area contributed by atoms with Crippen molar-refractivity contribution in [2.24, 2.45) is 5.92 Å². The number of aliphatic hydroxyl groups is 2. The molecule has 0 aliphatic carbocycles. The van der Waals surface area contributed by atoms with Crippen LogP contribution in [0.2, 0.25) is 0 Å². The van der Waals surface area contributed by atoms with Crippen LogP contribution in [-0.4, -0.2) is 39.4 Å². The number of nitrogens with zero attached hydrogens (tertiary/aromatic N) is 3. The molecule has 2 rings (SSSR count). The van der Waals surface area contributed by atoms with Crippen LogP contribution in [0.25, 0.3) is 0 Å². The third-order valence-corrected chi connectivity index (χ3v) is 4.09. The van der Waals surface area contributed by atoms with E-state index < -0.39 is 0 Å². The fourth-order valence-corrected chi connectivity index (χ4v) is 2.71. The maximum Gasteiger partial charge on any atom is 0.131 e. The number of rotatable bonds is 4. The Morgan fingerprint density at radius 3 is 2.45 bits per heavy atom. The minimum absolute atomic E-state index is 0.0616. The van der Waals surface area contributed by atoms with Crippen LogP contribution in [0.1, 0.15) is 51.0 Å². The quantitative estimate of drug-likeness (QED) is 0.877. The summed E-state index contributed by atoms with van der Waals surface area (Å²) >= 11 is 0. The van der Waals surface area contributed by atoms with E-state index in [1.165, 1.54) is 0 Å². The average Bonchev–Trinajstić information content (AvgIpc) is 2.46. The van der Waals surface area contributed by atoms with Crippen LogP contribution >= 0.6 is 0 Å². The highest BCUT2D eigenvalue weighted by Gasteiger charge is 2.24. The molecular weight excluding hydrogens is 254 g/mol. The van der Waals surface area contributed by atoms with Crippen molar-refractivity contribution in [1.29, 1.82) is 0 Å². The van der Waals surface area contributed by atoms with Gasteiger partial charge in [0.15, 0.2) is 0 Å². The SMILES string of the molecule is CC(C)c1ncc(N2CCC(C(C)O)CC2)c(CO)n1. The predicted molar refractivity (Wildman–Crippen MR) is 78.7 cm³/mol. The molecule has 0 radical (unpaired) electrons. The van der Waals surface area contributed by atoms with Gasteiger partial charge in [0.1, 0.15) is 5.82 Å². The first-order chi connectivity index (χ1) is 9.52. The maximum atomic E-state index is 9.65. The van der Waals surface area contributed by atoms with E-state index in [1.807, 2.05) is 27.0 Å². The molecule has 20 heavy (non-hydrogen) atoms. The summed E-state index contributed by atoms with van der Waals surface area (Å²) in [4.78, 5) is 11.1. The van der Waals surface area contributed by atoms with Gasteiger partial charge >= 0.3 is 0 Å². The average molecular weight is 279 g/mol. The summed E-state index contributed by atoms with van der Waals surface area (Å²) in [5.41, 5.74) is 1.64. The van der Waals surface area contributed by atoms with Crippen LogP contribution < -0.4 is 4.90 Å². The number of aromatic nitrogens is 2. The molecule has 1 unspecified atom stereocenters. The lowest BCUT2D eigenvalue weighted by Gasteiger charge is -2.35. The second-order valence-corrected chi connectivity index (χ2v) is 5.94. The zero-order chi connectivity index (χ0) is 14.7. The number of aliphatic hydroxyl groups excluding tert-OH is 2. The van der Waals surface area contributed by atoms with Crippen molar-refractivity contribution in [3.63, 3.8) is 0 Å². The van der Waals surface area contributed by atoms with E-state index in [2.05, 4.69) is 14.9 Å². The first kappa shape index (κ1) is 15.2. The highest BCUT2D eigenvalue weighted by Crippen LogP contribution is 2.27. The van der Waals surface area contributed by atoms with Crippen LogP contribution in [0.15, 0.2) is 6.20 Å². The Balaban J connectivity index is 2.13. The smallest absolute Gasteiger partial charge is 0.131 e. The number of hydrogen-bond acceptors (Lipinski definition) is 5. The zero-order valence-corrected chi connectivity index (χ0v) is 12.6. The summed E-state index contributed by atoms with van der Waals surface area (Å²) in [6, 6.07) is 0. The van der Waals surface area contributed by atoms with E-state index in [9.17, 15) is 10.2 Å². The second-order valence-electron chi connectivity index (χ2n) is 5.94. The normalized spacial score (nSPS) is 18.6. The Hall–Kier alpha value is -1.20. The first-order valence-electron chi connectivity index (χ1n) is 7.42. The summed E-state index contributed by atoms with van der Waals surface area (Å²) < 4.78 is 0. The fraction of sp³-hybridized carbons (Fsp3) is 0.733. The Bertz CT molecular complexity index is 441. The molecule has 112 valence electrons. The van der Waals surface area contributed by atoms with Crippen LogP contribution in [0, 0.1) is 5.92 Å². The van der Waals surface area contributed by atoms with Gasteiger partial charge in [-0.05, 0) is 25.7 Å². The molecule has 1 saturated heterocycles. The van der Waals surface area contributed by atoms with Crippen LogP contribution in [0.3, 0.4) is 0 Å². The molecule has 5 heteroatoms. The fourth-order valence-electron chi connectivity index (χ4n) is 2.71. The van der Waals surface area contributed by atoms with Gasteiger partial charge in [-0.3, -0.25) is 0 Å². The predicted octanol–water partition coefficient (Wildman–Crippen LogP) is 1.69. The molecule has 1 aliphatic heterocycles. The summed E-state index contributed by atoms with van der Waals surface area (Å²) in [7, 11) is 0. The highest BCUT2D eigenvalue weighted by atomic mass is 16.3. The Labute approximate surface area is 120 Å². The minimum atomic E-state index is -0.242. The molecule has 0 spiro atoms. The Kier molecular flexibility index (Phi) is 4.94. The van der Waals surface area contributed by atoms with E-state index >= 15 is 0 Å². The lowest BCUT2D eigenvalue weighted by molar-refractivity contribution is 0.110. The standard InChI is InChI=1S/C15H25N3O2/c1-10(2)15-16-8-14(13(9-19)17-15)18-6-4-12(5-7-18)11(3)20/h8,10-12,19-20H,4-7,9H2,1-3H3. The van der Waals surface area contributed by atoms with Gasteiger partial charge in [0.05, 0.1) is 30.3 Å². The van der Waals surface area contributed by atoms with E-state index in [-0.39, 0.29) is 18.6 Å². The summed E-state index contributed by atoms with van der Waals surface area (Å²) in [5, 5.41) is 19.2.